The molecule has 2 rings (SSSR count). The summed E-state index contributed by atoms with van der Waals surface area (Å²) < 4.78 is 0. The van der Waals surface area contributed by atoms with Gasteiger partial charge in [-0.1, -0.05) is 6.08 Å². The molecule has 0 amide bonds. The van der Waals surface area contributed by atoms with Gasteiger partial charge in [0.25, 0.3) is 0 Å². The lowest BCUT2D eigenvalue weighted by molar-refractivity contribution is -0.114. The summed E-state index contributed by atoms with van der Waals surface area (Å²) in [6.45, 7) is 0.580. The lowest BCUT2D eigenvalue weighted by atomic mass is 10.0. The van der Waals surface area contributed by atoms with Gasteiger partial charge in [0, 0.05) is 18.3 Å². The van der Waals surface area contributed by atoms with Crippen LogP contribution in [-0.4, -0.2) is 18.7 Å². The topological polar surface area (TPSA) is 41.5 Å². The predicted octanol–water partition coefficient (Wildman–Crippen LogP) is 0.401. The summed E-state index contributed by atoms with van der Waals surface area (Å²) in [5, 5.41) is 3.03. The maximum Gasteiger partial charge on any atom is 0.170 e. The van der Waals surface area contributed by atoms with Crippen LogP contribution in [0.15, 0.2) is 28.4 Å². The number of Topliss-reactive ketones (excluding diaryl/α,β-unsaturated/α-hetero) is 1. The average molecular weight is 148 g/mol. The van der Waals surface area contributed by atoms with Crippen molar-refractivity contribution in [1.82, 2.24) is 5.32 Å². The van der Waals surface area contributed by atoms with Gasteiger partial charge in [-0.05, 0) is 6.08 Å². The third kappa shape index (κ3) is 0.981. The van der Waals surface area contributed by atoms with Gasteiger partial charge in [0.2, 0.25) is 0 Å². The van der Waals surface area contributed by atoms with Crippen LogP contribution in [-0.2, 0) is 4.79 Å². The molecule has 0 saturated heterocycles. The Bertz CT molecular complexity index is 286. The molecule has 1 aliphatic heterocycles. The molecule has 0 saturated carbocycles. The van der Waals surface area contributed by atoms with E-state index in [1.165, 1.54) is 0 Å². The predicted molar refractivity (Wildman–Crippen MR) is 42.3 cm³/mol. The van der Waals surface area contributed by atoms with E-state index in [0.29, 0.717) is 13.1 Å². The maximum absolute atomic E-state index is 11.2. The van der Waals surface area contributed by atoms with Crippen molar-refractivity contribution in [2.45, 2.75) is 6.42 Å². The molecule has 0 aromatic carbocycles. The Hall–Kier alpha value is -1.38. The van der Waals surface area contributed by atoms with Crippen LogP contribution in [0.3, 0.4) is 0 Å². The molecule has 11 heavy (non-hydrogen) atoms. The first kappa shape index (κ1) is 6.34. The summed E-state index contributed by atoms with van der Waals surface area (Å²) in [5.74, 6) is 0.151. The number of ketones is 1. The van der Waals surface area contributed by atoms with Crippen LogP contribution in [0.5, 0.6) is 0 Å². The number of hydrogen-bond donors (Lipinski definition) is 1. The number of aliphatic imine (C=N–C) groups is 1. The second-order valence-electron chi connectivity index (χ2n) is 2.50. The van der Waals surface area contributed by atoms with Crippen LogP contribution in [0.2, 0.25) is 0 Å². The molecule has 0 aromatic heterocycles. The fourth-order valence-electron chi connectivity index (χ4n) is 1.20. The normalized spacial score (nSPS) is 21.6. The Morgan fingerprint density at radius 3 is 3.27 bits per heavy atom. The lowest BCUT2D eigenvalue weighted by Crippen LogP contribution is -2.24. The summed E-state index contributed by atoms with van der Waals surface area (Å²) >= 11 is 0. The minimum atomic E-state index is 0.151. The van der Waals surface area contributed by atoms with E-state index in [9.17, 15) is 4.79 Å². The molecule has 1 heterocycles. The number of allylic oxidation sites excluding steroid dienone is 3. The van der Waals surface area contributed by atoms with Gasteiger partial charge >= 0.3 is 0 Å². The summed E-state index contributed by atoms with van der Waals surface area (Å²) in [6, 6.07) is 0. The fourth-order valence-corrected chi connectivity index (χ4v) is 1.20. The van der Waals surface area contributed by atoms with Crippen molar-refractivity contribution in [2.75, 3.05) is 6.67 Å². The molecule has 0 aromatic rings. The number of carbonyl (C=O) groups excluding carboxylic acids is 1. The highest BCUT2D eigenvalue weighted by molar-refractivity contribution is 6.15. The average Bonchev–Trinajstić information content (AvgIpc) is 2.06. The van der Waals surface area contributed by atoms with E-state index in [-0.39, 0.29) is 5.78 Å². The molecule has 2 aliphatic rings. The zero-order valence-electron chi connectivity index (χ0n) is 6.00. The van der Waals surface area contributed by atoms with E-state index < -0.39 is 0 Å². The van der Waals surface area contributed by atoms with Crippen molar-refractivity contribution < 1.29 is 4.79 Å². The fraction of sp³-hybridized carbons (Fsp3) is 0.250. The van der Waals surface area contributed by atoms with Crippen molar-refractivity contribution >= 4 is 12.0 Å². The Morgan fingerprint density at radius 1 is 1.55 bits per heavy atom. The van der Waals surface area contributed by atoms with Crippen molar-refractivity contribution in [2.24, 2.45) is 4.99 Å². The van der Waals surface area contributed by atoms with Gasteiger partial charge in [0.05, 0.1) is 5.57 Å². The van der Waals surface area contributed by atoms with Crippen LogP contribution in [0.1, 0.15) is 6.42 Å². The Balaban J connectivity index is 2.43. The number of carbonyl (C=O) groups is 1. The third-order valence-corrected chi connectivity index (χ3v) is 1.76. The van der Waals surface area contributed by atoms with Crippen LogP contribution < -0.4 is 5.32 Å². The van der Waals surface area contributed by atoms with E-state index >= 15 is 0 Å². The molecule has 0 bridgehead atoms. The molecule has 0 unspecified atom stereocenters. The largest absolute Gasteiger partial charge is 0.366 e. The SMILES string of the molecule is O=C1CC=CC2=C1C=NCN2. The standard InChI is InChI=1S/C8H8N2O/c11-8-3-1-2-7-6(8)4-9-5-10-7/h1-2,4,10H,3,5H2. The number of hydrogen-bond acceptors (Lipinski definition) is 3. The Kier molecular flexibility index (Phi) is 1.35. The van der Waals surface area contributed by atoms with Crippen molar-refractivity contribution in [3.8, 4) is 0 Å². The molecule has 0 fully saturated rings. The van der Waals surface area contributed by atoms with Crippen molar-refractivity contribution in [3.63, 3.8) is 0 Å². The molecule has 1 aliphatic carbocycles. The van der Waals surface area contributed by atoms with E-state index in [1.54, 1.807) is 6.21 Å². The van der Waals surface area contributed by atoms with Crippen LogP contribution in [0, 0.1) is 0 Å². The first-order valence-electron chi connectivity index (χ1n) is 3.55. The molecule has 0 spiro atoms. The van der Waals surface area contributed by atoms with E-state index in [2.05, 4.69) is 10.3 Å². The summed E-state index contributed by atoms with van der Waals surface area (Å²) in [5.41, 5.74) is 1.63. The van der Waals surface area contributed by atoms with E-state index in [0.717, 1.165) is 11.3 Å². The molecule has 0 radical (unpaired) electrons. The molecular formula is C8H8N2O. The quantitative estimate of drug-likeness (QED) is 0.540. The highest BCUT2D eigenvalue weighted by Gasteiger charge is 2.16. The highest BCUT2D eigenvalue weighted by atomic mass is 16.1. The van der Waals surface area contributed by atoms with Crippen molar-refractivity contribution in [3.05, 3.63) is 23.4 Å². The van der Waals surface area contributed by atoms with Gasteiger partial charge in [-0.15, -0.1) is 0 Å². The lowest BCUT2D eigenvalue weighted by Gasteiger charge is -2.15. The van der Waals surface area contributed by atoms with Gasteiger partial charge in [-0.25, -0.2) is 0 Å². The second kappa shape index (κ2) is 2.34. The first-order valence-corrected chi connectivity index (χ1v) is 3.55. The van der Waals surface area contributed by atoms with Gasteiger partial charge < -0.3 is 5.32 Å². The van der Waals surface area contributed by atoms with Gasteiger partial charge in [-0.2, -0.15) is 0 Å². The minimum absolute atomic E-state index is 0.151. The summed E-state index contributed by atoms with van der Waals surface area (Å²) in [4.78, 5) is 15.2. The molecule has 1 N–H and O–H groups in total. The van der Waals surface area contributed by atoms with Crippen LogP contribution >= 0.6 is 0 Å². The van der Waals surface area contributed by atoms with Crippen LogP contribution in [0.4, 0.5) is 0 Å². The summed E-state index contributed by atoms with van der Waals surface area (Å²) in [7, 11) is 0. The zero-order valence-corrected chi connectivity index (χ0v) is 6.00. The maximum atomic E-state index is 11.2. The van der Waals surface area contributed by atoms with Crippen LogP contribution in [0.25, 0.3) is 0 Å². The molecule has 3 nitrogen and oxygen atoms in total. The monoisotopic (exact) mass is 148 g/mol. The molecule has 3 heteroatoms. The smallest absolute Gasteiger partial charge is 0.170 e. The van der Waals surface area contributed by atoms with Crippen molar-refractivity contribution in [1.29, 1.82) is 0 Å². The Labute approximate surface area is 64.5 Å². The highest BCUT2D eigenvalue weighted by Crippen LogP contribution is 2.13. The number of nitrogens with one attached hydrogen (secondary N) is 1. The third-order valence-electron chi connectivity index (χ3n) is 1.76. The van der Waals surface area contributed by atoms with E-state index in [1.807, 2.05) is 12.2 Å². The van der Waals surface area contributed by atoms with Gasteiger partial charge in [-0.3, -0.25) is 9.79 Å². The number of nitrogens with zero attached hydrogens (tertiary/aromatic N) is 1. The first-order chi connectivity index (χ1) is 5.38. The van der Waals surface area contributed by atoms with Gasteiger partial charge in [0.1, 0.15) is 6.67 Å². The Morgan fingerprint density at radius 2 is 2.45 bits per heavy atom. The minimum Gasteiger partial charge on any atom is -0.366 e. The summed E-state index contributed by atoms with van der Waals surface area (Å²) in [6.07, 6.45) is 5.96. The van der Waals surface area contributed by atoms with E-state index in [4.69, 9.17) is 0 Å². The molecular weight excluding hydrogens is 140 g/mol. The molecule has 56 valence electrons. The van der Waals surface area contributed by atoms with Gasteiger partial charge in [0.15, 0.2) is 5.78 Å². The zero-order chi connectivity index (χ0) is 7.68. The second-order valence-corrected chi connectivity index (χ2v) is 2.50. The number of rotatable bonds is 0. The molecule has 0 atom stereocenters.